The van der Waals surface area contributed by atoms with Crippen LogP contribution in [0.5, 0.6) is 0 Å². The van der Waals surface area contributed by atoms with Crippen molar-refractivity contribution in [3.63, 3.8) is 0 Å². The summed E-state index contributed by atoms with van der Waals surface area (Å²) in [7, 11) is -3.40. The van der Waals surface area contributed by atoms with Crippen molar-refractivity contribution in [2.24, 2.45) is 11.1 Å². The molecule has 0 fully saturated rings. The fraction of sp³-hybridized carbons (Fsp3) is 1.00. The van der Waals surface area contributed by atoms with E-state index in [-0.39, 0.29) is 11.7 Å². The zero-order valence-electron chi connectivity index (χ0n) is 10.9. The van der Waals surface area contributed by atoms with Crippen LogP contribution in [0.25, 0.3) is 0 Å². The normalized spacial score (nSPS) is 13.8. The van der Waals surface area contributed by atoms with E-state index in [2.05, 4.69) is 6.92 Å². The molecular formula is C11H25NO4S. The standard InChI is InChI=1S/C11H25NO4S/c1-3-5-6-15-7-8-16-9-11(4-2)10-17(12,13)14/h11H,3-10H2,1-2H3,(H2,12,13,14). The maximum atomic E-state index is 10.9. The predicted octanol–water partition coefficient (Wildman–Crippen LogP) is 1.13. The lowest BCUT2D eigenvalue weighted by molar-refractivity contribution is 0.0348. The van der Waals surface area contributed by atoms with Gasteiger partial charge in [0.15, 0.2) is 0 Å². The molecule has 0 heterocycles. The smallest absolute Gasteiger partial charge is 0.209 e. The molecule has 0 saturated heterocycles. The number of ether oxygens (including phenoxy) is 2. The Morgan fingerprint density at radius 3 is 2.29 bits per heavy atom. The number of sulfonamides is 1. The topological polar surface area (TPSA) is 78.6 Å². The van der Waals surface area contributed by atoms with Gasteiger partial charge in [-0.25, -0.2) is 13.6 Å². The van der Waals surface area contributed by atoms with Gasteiger partial charge >= 0.3 is 0 Å². The molecule has 0 aliphatic rings. The molecule has 0 aliphatic carbocycles. The highest BCUT2D eigenvalue weighted by Gasteiger charge is 2.13. The van der Waals surface area contributed by atoms with Crippen LogP contribution in [0.15, 0.2) is 0 Å². The van der Waals surface area contributed by atoms with Crippen LogP contribution in [0.3, 0.4) is 0 Å². The van der Waals surface area contributed by atoms with Gasteiger partial charge in [-0.1, -0.05) is 26.7 Å². The number of hydrogen-bond donors (Lipinski definition) is 1. The second kappa shape index (κ2) is 9.82. The predicted molar refractivity (Wildman–Crippen MR) is 68.3 cm³/mol. The van der Waals surface area contributed by atoms with Gasteiger partial charge in [0.1, 0.15) is 0 Å². The molecule has 6 heteroatoms. The molecule has 0 aromatic carbocycles. The molecule has 1 atom stereocenters. The van der Waals surface area contributed by atoms with Gasteiger partial charge in [0, 0.05) is 6.61 Å². The molecule has 2 N–H and O–H groups in total. The lowest BCUT2D eigenvalue weighted by Crippen LogP contribution is -2.26. The van der Waals surface area contributed by atoms with E-state index in [0.29, 0.717) is 19.8 Å². The van der Waals surface area contributed by atoms with Crippen LogP contribution in [0, 0.1) is 5.92 Å². The summed E-state index contributed by atoms with van der Waals surface area (Å²) in [5.41, 5.74) is 0. The molecule has 0 radical (unpaired) electrons. The summed E-state index contributed by atoms with van der Waals surface area (Å²) < 4.78 is 32.5. The van der Waals surface area contributed by atoms with Crippen molar-refractivity contribution in [3.05, 3.63) is 0 Å². The Hall–Kier alpha value is -0.170. The SMILES string of the molecule is CCCCOCCOCC(CC)CS(N)(=O)=O. The highest BCUT2D eigenvalue weighted by molar-refractivity contribution is 7.89. The van der Waals surface area contributed by atoms with Crippen LogP contribution in [0.1, 0.15) is 33.1 Å². The van der Waals surface area contributed by atoms with Crippen molar-refractivity contribution in [1.29, 1.82) is 0 Å². The minimum absolute atomic E-state index is 0.0137. The second-order valence-electron chi connectivity index (χ2n) is 4.14. The summed E-state index contributed by atoms with van der Waals surface area (Å²) in [6.07, 6.45) is 2.92. The molecular weight excluding hydrogens is 242 g/mol. The van der Waals surface area contributed by atoms with E-state index in [0.717, 1.165) is 25.9 Å². The minimum atomic E-state index is -3.40. The number of nitrogens with two attached hydrogens (primary N) is 1. The van der Waals surface area contributed by atoms with Crippen LogP contribution >= 0.6 is 0 Å². The second-order valence-corrected chi connectivity index (χ2v) is 5.80. The lowest BCUT2D eigenvalue weighted by atomic mass is 10.1. The number of hydrogen-bond acceptors (Lipinski definition) is 4. The zero-order chi connectivity index (χ0) is 13.1. The summed E-state index contributed by atoms with van der Waals surface area (Å²) in [4.78, 5) is 0. The summed E-state index contributed by atoms with van der Waals surface area (Å²) in [6, 6.07) is 0. The van der Waals surface area contributed by atoms with Crippen LogP contribution < -0.4 is 5.14 Å². The summed E-state index contributed by atoms with van der Waals surface area (Å²) in [5, 5.41) is 4.99. The van der Waals surface area contributed by atoms with E-state index in [4.69, 9.17) is 14.6 Å². The molecule has 5 nitrogen and oxygen atoms in total. The van der Waals surface area contributed by atoms with E-state index in [1.165, 1.54) is 0 Å². The molecule has 1 unspecified atom stereocenters. The van der Waals surface area contributed by atoms with Gasteiger partial charge in [-0.3, -0.25) is 0 Å². The van der Waals surface area contributed by atoms with Crippen molar-refractivity contribution in [2.45, 2.75) is 33.1 Å². The van der Waals surface area contributed by atoms with E-state index in [1.807, 2.05) is 6.92 Å². The molecule has 0 amide bonds. The van der Waals surface area contributed by atoms with Crippen LogP contribution in [-0.2, 0) is 19.5 Å². The molecule has 0 aromatic heterocycles. The monoisotopic (exact) mass is 267 g/mol. The van der Waals surface area contributed by atoms with Gasteiger partial charge in [-0.2, -0.15) is 0 Å². The van der Waals surface area contributed by atoms with Crippen molar-refractivity contribution < 1.29 is 17.9 Å². The van der Waals surface area contributed by atoms with Gasteiger partial charge in [0.05, 0.1) is 25.6 Å². The molecule has 0 bridgehead atoms. The van der Waals surface area contributed by atoms with Crippen LogP contribution in [-0.4, -0.2) is 40.6 Å². The van der Waals surface area contributed by atoms with Crippen LogP contribution in [0.4, 0.5) is 0 Å². The Bertz CT molecular complexity index is 267. The summed E-state index contributed by atoms with van der Waals surface area (Å²) >= 11 is 0. The zero-order valence-corrected chi connectivity index (χ0v) is 11.7. The largest absolute Gasteiger partial charge is 0.379 e. The number of rotatable bonds is 11. The van der Waals surface area contributed by atoms with Gasteiger partial charge < -0.3 is 9.47 Å². The maximum absolute atomic E-state index is 10.9. The summed E-state index contributed by atoms with van der Waals surface area (Å²) in [5.74, 6) is -0.0409. The molecule has 0 rings (SSSR count). The van der Waals surface area contributed by atoms with Crippen molar-refractivity contribution >= 4 is 10.0 Å². The van der Waals surface area contributed by atoms with E-state index < -0.39 is 10.0 Å². The first kappa shape index (κ1) is 16.8. The average molecular weight is 267 g/mol. The molecule has 104 valence electrons. The minimum Gasteiger partial charge on any atom is -0.379 e. The van der Waals surface area contributed by atoms with E-state index in [1.54, 1.807) is 0 Å². The third-order valence-corrected chi connectivity index (χ3v) is 3.35. The van der Waals surface area contributed by atoms with Gasteiger partial charge in [-0.15, -0.1) is 0 Å². The number of unbranched alkanes of at least 4 members (excludes halogenated alkanes) is 1. The van der Waals surface area contributed by atoms with Crippen LogP contribution in [0.2, 0.25) is 0 Å². The maximum Gasteiger partial charge on any atom is 0.209 e. The van der Waals surface area contributed by atoms with Gasteiger partial charge in [0.25, 0.3) is 0 Å². The summed E-state index contributed by atoms with van der Waals surface area (Å²) in [6.45, 7) is 6.28. The molecule has 0 spiro atoms. The Morgan fingerprint density at radius 1 is 1.12 bits per heavy atom. The third kappa shape index (κ3) is 12.1. The Balaban J connectivity index is 3.50. The van der Waals surface area contributed by atoms with E-state index >= 15 is 0 Å². The van der Waals surface area contributed by atoms with Crippen molar-refractivity contribution in [2.75, 3.05) is 32.2 Å². The first-order valence-corrected chi connectivity index (χ1v) is 7.87. The first-order valence-electron chi connectivity index (χ1n) is 6.15. The Kier molecular flexibility index (Phi) is 9.72. The highest BCUT2D eigenvalue weighted by atomic mass is 32.2. The highest BCUT2D eigenvalue weighted by Crippen LogP contribution is 2.05. The Labute approximate surface area is 105 Å². The first-order chi connectivity index (χ1) is 7.99. The van der Waals surface area contributed by atoms with Crippen molar-refractivity contribution in [1.82, 2.24) is 0 Å². The molecule has 17 heavy (non-hydrogen) atoms. The fourth-order valence-electron chi connectivity index (χ4n) is 1.33. The quantitative estimate of drug-likeness (QED) is 0.569. The number of primary sulfonamides is 1. The lowest BCUT2D eigenvalue weighted by Gasteiger charge is -2.13. The third-order valence-electron chi connectivity index (χ3n) is 2.41. The van der Waals surface area contributed by atoms with Gasteiger partial charge in [0.2, 0.25) is 10.0 Å². The fourth-order valence-corrected chi connectivity index (χ4v) is 2.32. The van der Waals surface area contributed by atoms with Gasteiger partial charge in [-0.05, 0) is 12.3 Å². The Morgan fingerprint density at radius 2 is 1.76 bits per heavy atom. The molecule has 0 aliphatic heterocycles. The molecule has 0 aromatic rings. The average Bonchev–Trinajstić information content (AvgIpc) is 2.24. The van der Waals surface area contributed by atoms with E-state index in [9.17, 15) is 8.42 Å². The van der Waals surface area contributed by atoms with Crippen molar-refractivity contribution in [3.8, 4) is 0 Å². The molecule has 0 saturated carbocycles.